The number of aryl methyl sites for hydroxylation is 1. The molecule has 0 unspecified atom stereocenters. The van der Waals surface area contributed by atoms with Gasteiger partial charge in [-0.25, -0.2) is 4.85 Å². The van der Waals surface area contributed by atoms with E-state index < -0.39 is 0 Å². The van der Waals surface area contributed by atoms with Crippen LogP contribution in [-0.2, 0) is 0 Å². The Morgan fingerprint density at radius 3 is 2.80 bits per heavy atom. The molecule has 0 radical (unpaired) electrons. The van der Waals surface area contributed by atoms with Crippen molar-refractivity contribution in [1.82, 2.24) is 0 Å². The number of pyridine rings is 1. The van der Waals surface area contributed by atoms with Crippen LogP contribution in [0.3, 0.4) is 0 Å². The van der Waals surface area contributed by atoms with Gasteiger partial charge in [-0.05, 0) is 12.1 Å². The molecule has 1 aromatic rings. The fourth-order valence-electron chi connectivity index (χ4n) is 0.611. The zero-order valence-corrected chi connectivity index (χ0v) is 5.53. The minimum atomic E-state index is 0.376. The van der Waals surface area contributed by atoms with Crippen molar-refractivity contribution in [2.75, 3.05) is 0 Å². The molecule has 1 aromatic heterocycles. The van der Waals surface area contributed by atoms with E-state index in [1.165, 1.54) is 6.20 Å². The molecule has 0 bridgehead atoms. The second-order valence-corrected chi connectivity index (χ2v) is 1.97. The summed E-state index contributed by atoms with van der Waals surface area (Å²) in [5.41, 5.74) is 0.980. The monoisotopic (exact) mass is 134 g/mol. The molecule has 0 aliphatic carbocycles. The Morgan fingerprint density at radius 2 is 2.30 bits per heavy atom. The van der Waals surface area contributed by atoms with E-state index in [2.05, 4.69) is 4.85 Å². The third kappa shape index (κ3) is 1.06. The summed E-state index contributed by atoms with van der Waals surface area (Å²) >= 11 is 0. The van der Waals surface area contributed by atoms with Crippen molar-refractivity contribution in [3.8, 4) is 0 Å². The molecule has 0 aliphatic rings. The maximum atomic E-state index is 10.8. The van der Waals surface area contributed by atoms with Gasteiger partial charge in [-0.2, -0.15) is 4.73 Å². The Morgan fingerprint density at radius 1 is 1.60 bits per heavy atom. The highest BCUT2D eigenvalue weighted by molar-refractivity contribution is 5.39. The molecular formula is C7H6N2O. The average molecular weight is 134 g/mol. The molecule has 3 nitrogen and oxygen atoms in total. The normalized spacial score (nSPS) is 8.80. The average Bonchev–Trinajstić information content (AvgIpc) is 1.95. The van der Waals surface area contributed by atoms with Crippen LogP contribution in [0.4, 0.5) is 5.69 Å². The summed E-state index contributed by atoms with van der Waals surface area (Å²) in [5, 5.41) is 10.8. The zero-order chi connectivity index (χ0) is 7.56. The summed E-state index contributed by atoms with van der Waals surface area (Å²) in [4.78, 5) is 3.10. The van der Waals surface area contributed by atoms with Crippen molar-refractivity contribution >= 4 is 5.69 Å². The van der Waals surface area contributed by atoms with Crippen molar-refractivity contribution in [3.63, 3.8) is 0 Å². The number of nitrogens with zero attached hydrogens (tertiary/aromatic N) is 2. The van der Waals surface area contributed by atoms with E-state index in [1.54, 1.807) is 19.1 Å². The Labute approximate surface area is 58.9 Å². The van der Waals surface area contributed by atoms with Crippen molar-refractivity contribution in [1.29, 1.82) is 0 Å². The van der Waals surface area contributed by atoms with Crippen molar-refractivity contribution < 1.29 is 4.73 Å². The van der Waals surface area contributed by atoms with Gasteiger partial charge in [-0.15, -0.1) is 0 Å². The molecular weight excluding hydrogens is 128 g/mol. The molecule has 3 heteroatoms. The van der Waals surface area contributed by atoms with Crippen LogP contribution in [0.25, 0.3) is 4.85 Å². The minimum Gasteiger partial charge on any atom is -0.619 e. The van der Waals surface area contributed by atoms with Gasteiger partial charge < -0.3 is 5.21 Å². The molecule has 0 aliphatic heterocycles. The van der Waals surface area contributed by atoms with E-state index in [1.807, 2.05) is 0 Å². The molecule has 1 rings (SSSR count). The van der Waals surface area contributed by atoms with Gasteiger partial charge in [-0.3, -0.25) is 0 Å². The summed E-state index contributed by atoms with van der Waals surface area (Å²) in [6, 6.07) is 3.25. The Balaban J connectivity index is 3.20. The van der Waals surface area contributed by atoms with Crippen LogP contribution in [0.1, 0.15) is 5.69 Å². The van der Waals surface area contributed by atoms with E-state index in [-0.39, 0.29) is 0 Å². The lowest BCUT2D eigenvalue weighted by Gasteiger charge is -1.97. The SMILES string of the molecule is [C-]#[N+]c1ccc(C)[n+]([O-])c1. The van der Waals surface area contributed by atoms with E-state index in [0.29, 0.717) is 16.1 Å². The third-order valence-electron chi connectivity index (χ3n) is 1.22. The van der Waals surface area contributed by atoms with E-state index in [0.717, 1.165) is 0 Å². The van der Waals surface area contributed by atoms with Gasteiger partial charge in [0, 0.05) is 6.92 Å². The molecule has 10 heavy (non-hydrogen) atoms. The summed E-state index contributed by atoms with van der Waals surface area (Å²) in [6.07, 6.45) is 1.27. The highest BCUT2D eigenvalue weighted by atomic mass is 16.5. The predicted molar refractivity (Wildman–Crippen MR) is 36.4 cm³/mol. The van der Waals surface area contributed by atoms with Crippen LogP contribution in [0.2, 0.25) is 0 Å². The molecule has 1 heterocycles. The van der Waals surface area contributed by atoms with Gasteiger partial charge in [-0.1, -0.05) is 0 Å². The first-order valence-corrected chi connectivity index (χ1v) is 2.81. The molecule has 0 N–H and O–H groups in total. The largest absolute Gasteiger partial charge is 0.619 e. The van der Waals surface area contributed by atoms with Crippen LogP contribution >= 0.6 is 0 Å². The second-order valence-electron chi connectivity index (χ2n) is 1.97. The van der Waals surface area contributed by atoms with Crippen LogP contribution in [-0.4, -0.2) is 0 Å². The molecule has 0 saturated heterocycles. The highest BCUT2D eigenvalue weighted by Gasteiger charge is 1.98. The maximum Gasteiger partial charge on any atom is 0.250 e. The lowest BCUT2D eigenvalue weighted by atomic mass is 10.3. The minimum absolute atomic E-state index is 0.376. The molecule has 0 amide bonds. The molecule has 0 saturated carbocycles. The number of hydrogen-bond acceptors (Lipinski definition) is 1. The highest BCUT2D eigenvalue weighted by Crippen LogP contribution is 2.06. The second kappa shape index (κ2) is 2.36. The van der Waals surface area contributed by atoms with Gasteiger partial charge in [0.05, 0.1) is 6.57 Å². The first kappa shape index (κ1) is 6.56. The zero-order valence-electron chi connectivity index (χ0n) is 5.53. The quantitative estimate of drug-likeness (QED) is 0.298. The molecule has 0 spiro atoms. The molecule has 0 aromatic carbocycles. The number of hydrogen-bond donors (Lipinski definition) is 0. The van der Waals surface area contributed by atoms with E-state index in [9.17, 15) is 5.21 Å². The van der Waals surface area contributed by atoms with Crippen molar-refractivity contribution in [2.24, 2.45) is 0 Å². The first-order valence-electron chi connectivity index (χ1n) is 2.81. The number of aromatic nitrogens is 1. The fraction of sp³-hybridized carbons (Fsp3) is 0.143. The molecule has 50 valence electrons. The van der Waals surface area contributed by atoms with E-state index >= 15 is 0 Å². The third-order valence-corrected chi connectivity index (χ3v) is 1.22. The predicted octanol–water partition coefficient (Wildman–Crippen LogP) is 1.18. The van der Waals surface area contributed by atoms with Crippen LogP contribution in [0, 0.1) is 18.7 Å². The Kier molecular flexibility index (Phi) is 1.55. The van der Waals surface area contributed by atoms with Crippen LogP contribution < -0.4 is 4.73 Å². The van der Waals surface area contributed by atoms with Gasteiger partial charge in [0.25, 0.3) is 0 Å². The number of rotatable bonds is 0. The standard InChI is InChI=1S/C7H6N2O/c1-6-3-4-7(8-2)5-9(6)10/h3-5H,1H3. The lowest BCUT2D eigenvalue weighted by molar-refractivity contribution is -0.611. The summed E-state index contributed by atoms with van der Waals surface area (Å²) in [6.45, 7) is 8.28. The summed E-state index contributed by atoms with van der Waals surface area (Å²) in [5.74, 6) is 0. The Hall–Kier alpha value is -1.56. The molecule has 0 atom stereocenters. The van der Waals surface area contributed by atoms with Crippen LogP contribution in [0.15, 0.2) is 18.3 Å². The van der Waals surface area contributed by atoms with Crippen molar-refractivity contribution in [2.45, 2.75) is 6.92 Å². The van der Waals surface area contributed by atoms with Gasteiger partial charge in [0.2, 0.25) is 5.69 Å². The van der Waals surface area contributed by atoms with Crippen molar-refractivity contribution in [3.05, 3.63) is 40.6 Å². The maximum absolute atomic E-state index is 10.8. The topological polar surface area (TPSA) is 31.3 Å². The summed E-state index contributed by atoms with van der Waals surface area (Å²) in [7, 11) is 0. The van der Waals surface area contributed by atoms with Crippen LogP contribution in [0.5, 0.6) is 0 Å². The molecule has 0 fully saturated rings. The Bertz CT molecular complexity index is 288. The van der Waals surface area contributed by atoms with Gasteiger partial charge in [0.1, 0.15) is 0 Å². The van der Waals surface area contributed by atoms with E-state index in [4.69, 9.17) is 6.57 Å². The smallest absolute Gasteiger partial charge is 0.250 e. The van der Waals surface area contributed by atoms with Gasteiger partial charge in [0.15, 0.2) is 11.9 Å². The summed E-state index contributed by atoms with van der Waals surface area (Å²) < 4.78 is 0.688. The first-order chi connectivity index (χ1) is 4.74. The fourth-order valence-corrected chi connectivity index (χ4v) is 0.611. The van der Waals surface area contributed by atoms with Gasteiger partial charge >= 0.3 is 0 Å². The lowest BCUT2D eigenvalue weighted by Crippen LogP contribution is -2.28.